The van der Waals surface area contributed by atoms with Gasteiger partial charge in [0.2, 0.25) is 0 Å². The molecule has 1 heterocycles. The van der Waals surface area contributed by atoms with Crippen LogP contribution in [0.4, 0.5) is 4.79 Å². The Balaban J connectivity index is 1.90. The van der Waals surface area contributed by atoms with Gasteiger partial charge in [0, 0.05) is 37.5 Å². The van der Waals surface area contributed by atoms with E-state index in [2.05, 4.69) is 0 Å². The van der Waals surface area contributed by atoms with E-state index in [-0.39, 0.29) is 0 Å². The molecule has 0 unspecified atom stereocenters. The molecule has 30 heavy (non-hydrogen) atoms. The van der Waals surface area contributed by atoms with E-state index in [0.29, 0.717) is 23.3 Å². The average molecular weight is 399 g/mol. The summed E-state index contributed by atoms with van der Waals surface area (Å²) in [6.07, 6.45) is -0.0403. The first-order valence-corrected chi connectivity index (χ1v) is 9.61. The minimum absolute atomic E-state index is 0.319. The molecule has 150 valence electrons. The predicted octanol–water partition coefficient (Wildman–Crippen LogP) is 5.11. The monoisotopic (exact) mass is 399 g/mol. The lowest BCUT2D eigenvalue weighted by molar-refractivity contribution is 0.172. The Morgan fingerprint density at radius 1 is 0.933 bits per heavy atom. The average Bonchev–Trinajstić information content (AvgIpc) is 2.75. The number of carbonyl (C=O) groups excluding carboxylic acids is 1. The molecular formula is C25H21NO4. The molecule has 0 N–H and O–H groups in total. The van der Waals surface area contributed by atoms with Crippen molar-refractivity contribution >= 4 is 17.1 Å². The smallest absolute Gasteiger partial charge is 0.414 e. The van der Waals surface area contributed by atoms with Crippen molar-refractivity contribution in [3.63, 3.8) is 0 Å². The van der Waals surface area contributed by atoms with Gasteiger partial charge < -0.3 is 14.1 Å². The van der Waals surface area contributed by atoms with Gasteiger partial charge in [-0.25, -0.2) is 9.59 Å². The second-order valence-electron chi connectivity index (χ2n) is 7.19. The first-order chi connectivity index (χ1) is 14.5. The minimum Gasteiger partial charge on any atom is -0.422 e. The van der Waals surface area contributed by atoms with E-state index in [1.54, 1.807) is 26.2 Å². The zero-order valence-corrected chi connectivity index (χ0v) is 16.8. The van der Waals surface area contributed by atoms with Gasteiger partial charge in [0.05, 0.1) is 5.56 Å². The number of benzene rings is 3. The summed E-state index contributed by atoms with van der Waals surface area (Å²) in [5, 5.41) is 0.788. The Kier molecular flexibility index (Phi) is 5.35. The van der Waals surface area contributed by atoms with Crippen molar-refractivity contribution < 1.29 is 13.9 Å². The number of fused-ring (bicyclic) bond motifs is 1. The molecule has 0 aliphatic heterocycles. The van der Waals surface area contributed by atoms with Crippen molar-refractivity contribution in [3.05, 3.63) is 100 Å². The zero-order valence-electron chi connectivity index (χ0n) is 16.8. The summed E-state index contributed by atoms with van der Waals surface area (Å²) in [5.74, 6) is 0.319. The molecule has 3 aromatic carbocycles. The van der Waals surface area contributed by atoms with Crippen LogP contribution in [0.25, 0.3) is 22.1 Å². The molecule has 4 aromatic rings. The van der Waals surface area contributed by atoms with E-state index in [0.717, 1.165) is 22.1 Å². The van der Waals surface area contributed by atoms with Crippen LogP contribution in [0.3, 0.4) is 0 Å². The summed E-state index contributed by atoms with van der Waals surface area (Å²) >= 11 is 0. The summed E-state index contributed by atoms with van der Waals surface area (Å²) in [6.45, 7) is 0. The minimum atomic E-state index is -0.499. The molecular weight excluding hydrogens is 378 g/mol. The van der Waals surface area contributed by atoms with E-state index in [4.69, 9.17) is 9.15 Å². The van der Waals surface area contributed by atoms with Gasteiger partial charge in [-0.1, -0.05) is 60.7 Å². The van der Waals surface area contributed by atoms with Crippen LogP contribution in [0, 0.1) is 0 Å². The van der Waals surface area contributed by atoms with Crippen molar-refractivity contribution in [3.8, 4) is 16.9 Å². The van der Waals surface area contributed by atoms with Crippen LogP contribution in [0.5, 0.6) is 5.75 Å². The van der Waals surface area contributed by atoms with Gasteiger partial charge in [-0.3, -0.25) is 0 Å². The van der Waals surface area contributed by atoms with Crippen LogP contribution < -0.4 is 10.4 Å². The van der Waals surface area contributed by atoms with Gasteiger partial charge in [-0.05, 0) is 23.3 Å². The molecule has 0 saturated carbocycles. The Hall–Kier alpha value is -3.86. The summed E-state index contributed by atoms with van der Waals surface area (Å²) < 4.78 is 11.0. The van der Waals surface area contributed by atoms with Crippen molar-refractivity contribution in [2.24, 2.45) is 0 Å². The van der Waals surface area contributed by atoms with E-state index in [9.17, 15) is 9.59 Å². The highest BCUT2D eigenvalue weighted by molar-refractivity contribution is 5.95. The standard InChI is InChI=1S/C25H21NO4/c1-26(2)25(28)29-19-13-14-20-22(16-19)30-24(27)21(15-17-9-5-3-6-10-17)23(20)18-11-7-4-8-12-18/h3-14,16H,15H2,1-2H3. The highest BCUT2D eigenvalue weighted by atomic mass is 16.6. The van der Waals surface area contributed by atoms with Gasteiger partial charge >= 0.3 is 11.7 Å². The fraction of sp³-hybridized carbons (Fsp3) is 0.120. The molecule has 1 amide bonds. The third-order valence-electron chi connectivity index (χ3n) is 4.83. The number of hydrogen-bond acceptors (Lipinski definition) is 4. The Morgan fingerprint density at radius 3 is 2.27 bits per heavy atom. The molecule has 0 saturated heterocycles. The number of nitrogens with zero attached hydrogens (tertiary/aromatic N) is 1. The normalized spacial score (nSPS) is 10.7. The number of hydrogen-bond donors (Lipinski definition) is 0. The van der Waals surface area contributed by atoms with Crippen molar-refractivity contribution in [1.82, 2.24) is 4.90 Å². The molecule has 0 aliphatic carbocycles. The van der Waals surface area contributed by atoms with E-state index in [1.165, 1.54) is 4.90 Å². The zero-order chi connectivity index (χ0) is 21.1. The number of amides is 1. The summed E-state index contributed by atoms with van der Waals surface area (Å²) in [7, 11) is 3.21. The van der Waals surface area contributed by atoms with Gasteiger partial charge in [-0.2, -0.15) is 0 Å². The number of rotatable bonds is 4. The van der Waals surface area contributed by atoms with Crippen molar-refractivity contribution in [2.75, 3.05) is 14.1 Å². The maximum absolute atomic E-state index is 13.0. The van der Waals surface area contributed by atoms with E-state index in [1.807, 2.05) is 66.7 Å². The van der Waals surface area contributed by atoms with Crippen molar-refractivity contribution in [2.45, 2.75) is 6.42 Å². The molecule has 4 rings (SSSR count). The first-order valence-electron chi connectivity index (χ1n) is 9.61. The first kappa shape index (κ1) is 19.5. The fourth-order valence-electron chi connectivity index (χ4n) is 3.37. The van der Waals surface area contributed by atoms with Crippen LogP contribution in [0.15, 0.2) is 88.1 Å². The van der Waals surface area contributed by atoms with Crippen LogP contribution >= 0.6 is 0 Å². The molecule has 0 radical (unpaired) electrons. The van der Waals surface area contributed by atoms with Crippen LogP contribution in [-0.2, 0) is 6.42 Å². The van der Waals surface area contributed by atoms with Gasteiger partial charge in [0.15, 0.2) is 0 Å². The van der Waals surface area contributed by atoms with Crippen molar-refractivity contribution in [1.29, 1.82) is 0 Å². The topological polar surface area (TPSA) is 59.8 Å². The molecule has 1 aromatic heterocycles. The largest absolute Gasteiger partial charge is 0.422 e. The van der Waals surface area contributed by atoms with Gasteiger partial charge in [0.25, 0.3) is 0 Å². The van der Waals surface area contributed by atoms with E-state index < -0.39 is 11.7 Å². The van der Waals surface area contributed by atoms with Gasteiger partial charge in [0.1, 0.15) is 11.3 Å². The highest BCUT2D eigenvalue weighted by Crippen LogP contribution is 2.33. The molecule has 0 aliphatic rings. The highest BCUT2D eigenvalue weighted by Gasteiger charge is 2.18. The molecule has 0 atom stereocenters. The second kappa shape index (κ2) is 8.25. The summed E-state index contributed by atoms with van der Waals surface area (Å²) in [4.78, 5) is 26.2. The van der Waals surface area contributed by atoms with E-state index >= 15 is 0 Å². The molecule has 5 nitrogen and oxygen atoms in total. The Labute approximate surface area is 174 Å². The summed E-state index contributed by atoms with van der Waals surface area (Å²) in [6, 6.07) is 24.7. The third-order valence-corrected chi connectivity index (χ3v) is 4.83. The molecule has 0 spiro atoms. The SMILES string of the molecule is CN(C)C(=O)Oc1ccc2c(-c3ccccc3)c(Cc3ccccc3)c(=O)oc2c1. The fourth-order valence-corrected chi connectivity index (χ4v) is 3.37. The predicted molar refractivity (Wildman–Crippen MR) is 117 cm³/mol. The molecule has 0 bridgehead atoms. The lowest BCUT2D eigenvalue weighted by Gasteiger charge is -2.14. The van der Waals surface area contributed by atoms with Crippen LogP contribution in [-0.4, -0.2) is 25.1 Å². The quantitative estimate of drug-likeness (QED) is 0.448. The van der Waals surface area contributed by atoms with Crippen LogP contribution in [0.2, 0.25) is 0 Å². The maximum Gasteiger partial charge on any atom is 0.414 e. The van der Waals surface area contributed by atoms with Crippen LogP contribution in [0.1, 0.15) is 11.1 Å². The lowest BCUT2D eigenvalue weighted by Crippen LogP contribution is -2.25. The molecule has 5 heteroatoms. The lowest BCUT2D eigenvalue weighted by atomic mass is 9.93. The number of carbonyl (C=O) groups is 1. The Morgan fingerprint density at radius 2 is 1.60 bits per heavy atom. The number of ether oxygens (including phenoxy) is 1. The molecule has 0 fully saturated rings. The second-order valence-corrected chi connectivity index (χ2v) is 7.19. The third kappa shape index (κ3) is 3.96. The van der Waals surface area contributed by atoms with Gasteiger partial charge in [-0.15, -0.1) is 0 Å². The summed E-state index contributed by atoms with van der Waals surface area (Å²) in [5.41, 5.74) is 3.35. The Bertz CT molecular complexity index is 1240. The maximum atomic E-state index is 13.0.